The van der Waals surface area contributed by atoms with Crippen LogP contribution in [-0.4, -0.2) is 33.0 Å². The number of hydrogen-bond acceptors (Lipinski definition) is 5. The van der Waals surface area contributed by atoms with Crippen molar-refractivity contribution in [2.45, 2.75) is 12.5 Å². The first-order valence-electron chi connectivity index (χ1n) is 9.25. The molecule has 0 fully saturated rings. The number of carbonyl (C=O) groups excluding carboxylic acids is 2. The number of amides is 2. The zero-order valence-electron chi connectivity index (χ0n) is 16.8. The Balaban J connectivity index is 0.00000166. The average molecular weight is 417 g/mol. The minimum absolute atomic E-state index is 0.153. The zero-order chi connectivity index (χ0) is 22.6. The van der Waals surface area contributed by atoms with Gasteiger partial charge in [0, 0.05) is 40.7 Å². The number of carbonyl (C=O) groups is 2. The molecule has 0 aliphatic rings. The van der Waals surface area contributed by atoms with Gasteiger partial charge in [-0.2, -0.15) is 0 Å². The van der Waals surface area contributed by atoms with Crippen molar-refractivity contribution >= 4 is 17.5 Å². The summed E-state index contributed by atoms with van der Waals surface area (Å²) >= 11 is 0. The number of aromatic nitrogens is 2. The van der Waals surface area contributed by atoms with Gasteiger partial charge in [0.15, 0.2) is 0 Å². The van der Waals surface area contributed by atoms with Gasteiger partial charge in [-0.25, -0.2) is 10.5 Å². The summed E-state index contributed by atoms with van der Waals surface area (Å²) in [6, 6.07) is 13.0. The van der Waals surface area contributed by atoms with E-state index in [2.05, 4.69) is 40.3 Å². The van der Waals surface area contributed by atoms with Crippen molar-refractivity contribution in [3.63, 3.8) is 0 Å². The van der Waals surface area contributed by atoms with Crippen LogP contribution in [0, 0.1) is 11.8 Å². The van der Waals surface area contributed by atoms with Crippen LogP contribution in [0.4, 0.5) is 5.69 Å². The number of benzene rings is 2. The lowest BCUT2D eigenvalue weighted by atomic mass is 10.1. The fourth-order valence-corrected chi connectivity index (χ4v) is 2.60. The van der Waals surface area contributed by atoms with Crippen LogP contribution in [-0.2, 0) is 11.2 Å². The number of nitrogens with one attached hydrogen (secondary N) is 3. The predicted molar refractivity (Wildman–Crippen MR) is 118 cm³/mol. The lowest BCUT2D eigenvalue weighted by Crippen LogP contribution is -2.47. The van der Waals surface area contributed by atoms with E-state index in [1.165, 1.54) is 12.5 Å². The van der Waals surface area contributed by atoms with Crippen LogP contribution < -0.4 is 16.5 Å². The molecule has 0 unspecified atom stereocenters. The molecule has 0 saturated carbocycles. The summed E-state index contributed by atoms with van der Waals surface area (Å²) in [6.07, 6.45) is 3.16. The van der Waals surface area contributed by atoms with E-state index in [-0.39, 0.29) is 6.42 Å². The maximum Gasteiger partial charge on any atom is 0.266 e. The molecule has 31 heavy (non-hydrogen) atoms. The summed E-state index contributed by atoms with van der Waals surface area (Å²) in [4.78, 5) is 31.1. The molecule has 1 aromatic heterocycles. The van der Waals surface area contributed by atoms with Crippen LogP contribution in [0.1, 0.15) is 27.2 Å². The Bertz CT molecular complexity index is 1070. The Kier molecular flexibility index (Phi) is 8.58. The van der Waals surface area contributed by atoms with Gasteiger partial charge in [-0.05, 0) is 36.4 Å². The Morgan fingerprint density at radius 3 is 2.45 bits per heavy atom. The highest BCUT2D eigenvalue weighted by Gasteiger charge is 2.22. The van der Waals surface area contributed by atoms with E-state index in [1.807, 2.05) is 18.2 Å². The molecule has 1 heterocycles. The Labute approximate surface area is 180 Å². The third kappa shape index (κ3) is 6.59. The molecule has 0 aliphatic heterocycles. The number of nitrogens with zero attached hydrogens (tertiary/aromatic N) is 1. The van der Waals surface area contributed by atoms with Crippen molar-refractivity contribution in [1.29, 1.82) is 0 Å². The highest BCUT2D eigenvalue weighted by atomic mass is 16.5. The molecule has 0 radical (unpaired) electrons. The number of imidazole rings is 1. The second-order valence-corrected chi connectivity index (χ2v) is 6.20. The van der Waals surface area contributed by atoms with E-state index in [4.69, 9.17) is 10.9 Å². The van der Waals surface area contributed by atoms with Crippen molar-refractivity contribution in [2.24, 2.45) is 0 Å². The molecule has 0 aliphatic carbocycles. The van der Waals surface area contributed by atoms with E-state index in [1.54, 1.807) is 35.8 Å². The number of anilines is 1. The van der Waals surface area contributed by atoms with Crippen LogP contribution in [0.2, 0.25) is 0 Å². The Hall–Kier alpha value is -4.35. The molecule has 8 heteroatoms. The normalized spacial score (nSPS) is 10.5. The van der Waals surface area contributed by atoms with Crippen LogP contribution in [0.3, 0.4) is 0 Å². The molecule has 0 saturated heterocycles. The molecule has 3 rings (SSSR count). The number of hydrogen-bond donors (Lipinski definition) is 5. The first-order chi connectivity index (χ1) is 15.1. The molecule has 0 spiro atoms. The summed E-state index contributed by atoms with van der Waals surface area (Å²) in [5.41, 5.74) is 10.5. The van der Waals surface area contributed by atoms with Crippen molar-refractivity contribution in [3.8, 4) is 11.8 Å². The average Bonchev–Trinajstić information content (AvgIpc) is 3.32. The standard InChI is InChI=1S/C21H19N5O3.C2H4/c22-18-4-2-1-3-15(18)8-5-14-6-9-16(10-7-14)20(27)25-19(21(28)26-29)11-17-12-23-13-24-17;1-2/h1-4,6-7,9-10,12-13,19,29H,11,22H2,(H,23,24)(H,25,27)(H,26,28);1-2H2/t19-;/m0./s1. The highest BCUT2D eigenvalue weighted by molar-refractivity contribution is 5.97. The van der Waals surface area contributed by atoms with Crippen molar-refractivity contribution < 1.29 is 14.8 Å². The lowest BCUT2D eigenvalue weighted by Gasteiger charge is -2.16. The van der Waals surface area contributed by atoms with Crippen LogP contribution in [0.15, 0.2) is 74.2 Å². The number of para-hydroxylation sites is 1. The fourth-order valence-electron chi connectivity index (χ4n) is 2.60. The summed E-state index contributed by atoms with van der Waals surface area (Å²) in [5, 5.41) is 11.5. The highest BCUT2D eigenvalue weighted by Crippen LogP contribution is 2.10. The first-order valence-corrected chi connectivity index (χ1v) is 9.25. The SMILES string of the molecule is C=C.Nc1ccccc1C#Cc1ccc(C(=O)N[C@@H](Cc2cnc[nH]2)C(=O)NO)cc1. The van der Waals surface area contributed by atoms with Gasteiger partial charge in [0.2, 0.25) is 0 Å². The molecule has 1 atom stereocenters. The van der Waals surface area contributed by atoms with Crippen molar-refractivity contribution in [2.75, 3.05) is 5.73 Å². The Morgan fingerprint density at radius 1 is 1.13 bits per heavy atom. The smallest absolute Gasteiger partial charge is 0.266 e. The molecule has 3 aromatic rings. The van der Waals surface area contributed by atoms with Gasteiger partial charge in [0.1, 0.15) is 6.04 Å². The van der Waals surface area contributed by atoms with Crippen molar-refractivity contribution in [3.05, 3.63) is 96.6 Å². The van der Waals surface area contributed by atoms with Gasteiger partial charge in [-0.3, -0.25) is 14.8 Å². The fraction of sp³-hybridized carbons (Fsp3) is 0.0870. The van der Waals surface area contributed by atoms with E-state index < -0.39 is 17.9 Å². The number of nitrogen functional groups attached to an aromatic ring is 1. The van der Waals surface area contributed by atoms with Crippen LogP contribution in [0.5, 0.6) is 0 Å². The summed E-state index contributed by atoms with van der Waals surface area (Å²) < 4.78 is 0. The molecule has 8 nitrogen and oxygen atoms in total. The maximum atomic E-state index is 12.5. The molecule has 2 aromatic carbocycles. The number of aromatic amines is 1. The van der Waals surface area contributed by atoms with Gasteiger partial charge in [0.25, 0.3) is 11.8 Å². The van der Waals surface area contributed by atoms with E-state index >= 15 is 0 Å². The second-order valence-electron chi connectivity index (χ2n) is 6.20. The molecular weight excluding hydrogens is 394 g/mol. The maximum absolute atomic E-state index is 12.5. The van der Waals surface area contributed by atoms with E-state index in [0.29, 0.717) is 22.5 Å². The third-order valence-electron chi connectivity index (χ3n) is 4.16. The molecule has 6 N–H and O–H groups in total. The molecule has 2 amide bonds. The van der Waals surface area contributed by atoms with Gasteiger partial charge in [-0.15, -0.1) is 13.2 Å². The van der Waals surface area contributed by atoms with Gasteiger partial charge in [0.05, 0.1) is 6.33 Å². The second kappa shape index (κ2) is 11.6. The minimum atomic E-state index is -0.964. The van der Waals surface area contributed by atoms with Gasteiger partial charge >= 0.3 is 0 Å². The monoisotopic (exact) mass is 417 g/mol. The molecular formula is C23H23N5O3. The lowest BCUT2D eigenvalue weighted by molar-refractivity contribution is -0.131. The van der Waals surface area contributed by atoms with E-state index in [9.17, 15) is 9.59 Å². The summed E-state index contributed by atoms with van der Waals surface area (Å²) in [5.74, 6) is 4.81. The number of rotatable bonds is 5. The van der Waals surface area contributed by atoms with Crippen molar-refractivity contribution in [1.82, 2.24) is 20.8 Å². The third-order valence-corrected chi connectivity index (χ3v) is 4.16. The predicted octanol–water partition coefficient (Wildman–Crippen LogP) is 2.04. The summed E-state index contributed by atoms with van der Waals surface area (Å²) in [7, 11) is 0. The topological polar surface area (TPSA) is 133 Å². The van der Waals surface area contributed by atoms with E-state index in [0.717, 1.165) is 5.56 Å². The van der Waals surface area contributed by atoms with Crippen LogP contribution in [0.25, 0.3) is 0 Å². The number of nitrogens with two attached hydrogens (primary N) is 1. The Morgan fingerprint density at radius 2 is 1.84 bits per heavy atom. The zero-order valence-corrected chi connectivity index (χ0v) is 16.8. The quantitative estimate of drug-likeness (QED) is 0.142. The molecule has 158 valence electrons. The number of hydroxylamine groups is 1. The van der Waals surface area contributed by atoms with Gasteiger partial charge < -0.3 is 16.0 Å². The van der Waals surface area contributed by atoms with Crippen LogP contribution >= 0.6 is 0 Å². The minimum Gasteiger partial charge on any atom is -0.398 e. The summed E-state index contributed by atoms with van der Waals surface area (Å²) in [6.45, 7) is 6.00. The van der Waals surface area contributed by atoms with Gasteiger partial charge in [-0.1, -0.05) is 24.0 Å². The number of H-pyrrole nitrogens is 1. The molecule has 0 bridgehead atoms. The largest absolute Gasteiger partial charge is 0.398 e. The first kappa shape index (κ1) is 22.9.